The Morgan fingerprint density at radius 3 is 2.22 bits per heavy atom. The molecule has 0 amide bonds. The molecule has 2 aromatic carbocycles. The summed E-state index contributed by atoms with van der Waals surface area (Å²) in [7, 11) is -4.47. The van der Waals surface area contributed by atoms with Crippen LogP contribution in [-0.2, 0) is 23.0 Å². The topological polar surface area (TPSA) is 57.2 Å². The van der Waals surface area contributed by atoms with E-state index in [1.54, 1.807) is 0 Å². The van der Waals surface area contributed by atoms with Crippen molar-refractivity contribution in [3.8, 4) is 0 Å². The molecule has 0 aromatic heterocycles. The summed E-state index contributed by atoms with van der Waals surface area (Å²) in [6.45, 7) is 4.12. The normalized spacial score (nSPS) is 11.4. The minimum absolute atomic E-state index is 0. The number of aryl methyl sites for hydroxylation is 2. The van der Waals surface area contributed by atoms with E-state index in [0.717, 1.165) is 36.5 Å². The Labute approximate surface area is 182 Å². The fourth-order valence-electron chi connectivity index (χ4n) is 2.93. The molecule has 0 aliphatic heterocycles. The van der Waals surface area contributed by atoms with E-state index in [9.17, 15) is 13.0 Å². The van der Waals surface area contributed by atoms with Gasteiger partial charge in [-0.25, -0.2) is 8.42 Å². The summed E-state index contributed by atoms with van der Waals surface area (Å²) >= 11 is 0. The zero-order chi connectivity index (χ0) is 16.2. The number of hydrogen-bond donors (Lipinski definition) is 0. The first-order chi connectivity index (χ1) is 10.5. The van der Waals surface area contributed by atoms with Gasteiger partial charge in [0.2, 0.25) is 0 Å². The van der Waals surface area contributed by atoms with Gasteiger partial charge in [-0.1, -0.05) is 51.0 Å². The van der Waals surface area contributed by atoms with Crippen LogP contribution in [0.15, 0.2) is 35.2 Å². The molecule has 0 fully saturated rings. The van der Waals surface area contributed by atoms with Crippen LogP contribution in [-0.4, -0.2) is 13.0 Å². The van der Waals surface area contributed by atoms with Crippen molar-refractivity contribution >= 4 is 20.9 Å². The molecule has 2 rings (SSSR count). The van der Waals surface area contributed by atoms with Crippen LogP contribution in [0, 0.1) is 0 Å². The van der Waals surface area contributed by atoms with Crippen LogP contribution in [0.2, 0.25) is 0 Å². The Balaban J connectivity index is 0.00000264. The molecule has 120 valence electrons. The van der Waals surface area contributed by atoms with E-state index in [-0.39, 0.29) is 56.3 Å². The van der Waals surface area contributed by atoms with Crippen LogP contribution in [0.3, 0.4) is 0 Å². The Hall–Kier alpha value is 0.246. The van der Waals surface area contributed by atoms with Crippen LogP contribution < -0.4 is 51.4 Å². The minimum Gasteiger partial charge on any atom is -0.744 e. The molecule has 0 bridgehead atoms. The second kappa shape index (κ2) is 9.66. The van der Waals surface area contributed by atoms with Crippen LogP contribution in [0.4, 0.5) is 0 Å². The van der Waals surface area contributed by atoms with Gasteiger partial charge in [0.25, 0.3) is 0 Å². The van der Waals surface area contributed by atoms with Gasteiger partial charge in [0, 0.05) is 0 Å². The molecule has 5 heteroatoms. The Morgan fingerprint density at radius 1 is 1.00 bits per heavy atom. The third-order valence-electron chi connectivity index (χ3n) is 4.01. The molecule has 0 saturated carbocycles. The smallest absolute Gasteiger partial charge is 0.744 e. The molecule has 0 unspecified atom stereocenters. The van der Waals surface area contributed by atoms with E-state index in [2.05, 4.69) is 13.8 Å². The summed E-state index contributed by atoms with van der Waals surface area (Å²) in [5.74, 6) is 0. The van der Waals surface area contributed by atoms with E-state index in [4.69, 9.17) is 0 Å². The quantitative estimate of drug-likeness (QED) is 0.556. The summed E-state index contributed by atoms with van der Waals surface area (Å²) in [5.41, 5.74) is 1.39. The monoisotopic (exact) mass is 358 g/mol. The van der Waals surface area contributed by atoms with Crippen molar-refractivity contribution in [2.24, 2.45) is 0 Å². The van der Waals surface area contributed by atoms with Gasteiger partial charge in [0.15, 0.2) is 0 Å². The molecule has 0 aliphatic carbocycles. The average molecular weight is 359 g/mol. The van der Waals surface area contributed by atoms with E-state index in [1.165, 1.54) is 0 Å². The van der Waals surface area contributed by atoms with Gasteiger partial charge in [-0.3, -0.25) is 0 Å². The van der Waals surface area contributed by atoms with Gasteiger partial charge in [0.05, 0.1) is 4.90 Å². The van der Waals surface area contributed by atoms with Gasteiger partial charge in [-0.15, -0.1) is 0 Å². The van der Waals surface area contributed by atoms with E-state index in [0.29, 0.717) is 24.0 Å². The molecule has 0 radical (unpaired) electrons. The van der Waals surface area contributed by atoms with Gasteiger partial charge < -0.3 is 4.55 Å². The van der Waals surface area contributed by atoms with Crippen LogP contribution in [0.1, 0.15) is 50.7 Å². The first-order valence-corrected chi connectivity index (χ1v) is 9.39. The van der Waals surface area contributed by atoms with Crippen molar-refractivity contribution in [1.82, 2.24) is 0 Å². The van der Waals surface area contributed by atoms with Crippen LogP contribution in [0.25, 0.3) is 10.8 Å². The third kappa shape index (κ3) is 5.36. The molecular weight excluding hydrogens is 335 g/mol. The predicted molar refractivity (Wildman–Crippen MR) is 89.1 cm³/mol. The molecule has 3 nitrogen and oxygen atoms in total. The number of unbranched alkanes of at least 4 members (excludes halogenated alkanes) is 2. The standard InChI is InChI=1S/C18H24O3S.K/c1-3-5-9-15-13-14-10-7-8-12-16(14)17(11-6-4-2)18(15)22(19,20)21;/h7-8,10,12-13H,3-6,9,11H2,1-2H3,(H,19,20,21);/q;+1/p-1. The molecule has 0 saturated heterocycles. The second-order valence-corrected chi connectivity index (χ2v) is 7.04. The maximum absolute atomic E-state index is 11.9. The number of rotatable bonds is 7. The molecular formula is C18H23KO3S. The largest absolute Gasteiger partial charge is 1.00 e. The van der Waals surface area contributed by atoms with Crippen molar-refractivity contribution in [3.05, 3.63) is 41.5 Å². The fourth-order valence-corrected chi connectivity index (χ4v) is 3.93. The average Bonchev–Trinajstić information content (AvgIpc) is 2.48. The maximum atomic E-state index is 11.9. The minimum atomic E-state index is -4.47. The summed E-state index contributed by atoms with van der Waals surface area (Å²) in [4.78, 5) is 0.0353. The molecule has 0 spiro atoms. The third-order valence-corrected chi connectivity index (χ3v) is 5.02. The Kier molecular flexibility index (Phi) is 8.94. The van der Waals surface area contributed by atoms with Gasteiger partial charge in [-0.05, 0) is 53.6 Å². The zero-order valence-corrected chi connectivity index (χ0v) is 18.2. The van der Waals surface area contributed by atoms with Crippen molar-refractivity contribution < 1.29 is 64.4 Å². The van der Waals surface area contributed by atoms with Crippen molar-refractivity contribution in [2.75, 3.05) is 0 Å². The molecule has 23 heavy (non-hydrogen) atoms. The van der Waals surface area contributed by atoms with Crippen molar-refractivity contribution in [2.45, 2.75) is 57.3 Å². The number of benzene rings is 2. The zero-order valence-electron chi connectivity index (χ0n) is 14.3. The van der Waals surface area contributed by atoms with E-state index in [1.807, 2.05) is 30.3 Å². The first-order valence-electron chi connectivity index (χ1n) is 7.98. The fraction of sp³-hybridized carbons (Fsp3) is 0.444. The first kappa shape index (κ1) is 21.3. The maximum Gasteiger partial charge on any atom is 1.00 e. The Bertz CT molecular complexity index is 754. The Morgan fingerprint density at radius 2 is 1.61 bits per heavy atom. The predicted octanol–water partition coefficient (Wildman–Crippen LogP) is 1.43. The molecule has 2 aromatic rings. The molecule has 0 aliphatic rings. The van der Waals surface area contributed by atoms with E-state index >= 15 is 0 Å². The van der Waals surface area contributed by atoms with Gasteiger partial charge in [-0.2, -0.15) is 0 Å². The van der Waals surface area contributed by atoms with Crippen LogP contribution in [0.5, 0.6) is 0 Å². The van der Waals surface area contributed by atoms with Gasteiger partial charge >= 0.3 is 51.4 Å². The summed E-state index contributed by atoms with van der Waals surface area (Å²) in [5, 5.41) is 1.91. The SMILES string of the molecule is CCCCc1cc2ccccc2c(CCCC)c1S(=O)(=O)[O-].[K+]. The van der Waals surface area contributed by atoms with Crippen LogP contribution >= 0.6 is 0 Å². The summed E-state index contributed by atoms with van der Waals surface area (Å²) in [6, 6.07) is 9.62. The van der Waals surface area contributed by atoms with Crippen molar-refractivity contribution in [1.29, 1.82) is 0 Å². The van der Waals surface area contributed by atoms with Gasteiger partial charge in [0.1, 0.15) is 10.1 Å². The molecule has 0 heterocycles. The number of fused-ring (bicyclic) bond motifs is 1. The summed E-state index contributed by atoms with van der Waals surface area (Å²) < 4.78 is 35.7. The second-order valence-electron chi connectivity index (χ2n) is 5.73. The number of hydrogen-bond acceptors (Lipinski definition) is 3. The molecule has 0 N–H and O–H groups in total. The van der Waals surface area contributed by atoms with Crippen molar-refractivity contribution in [3.63, 3.8) is 0 Å². The van der Waals surface area contributed by atoms with E-state index < -0.39 is 10.1 Å². The summed E-state index contributed by atoms with van der Waals surface area (Å²) in [6.07, 6.45) is 4.96. The molecule has 0 atom stereocenters.